The van der Waals surface area contributed by atoms with Crippen LogP contribution in [0, 0.1) is 11.6 Å². The van der Waals surface area contributed by atoms with Crippen LogP contribution in [-0.2, 0) is 21.5 Å². The minimum atomic E-state index is -1.58. The molecule has 1 aromatic carbocycles. The van der Waals surface area contributed by atoms with Crippen LogP contribution in [0.2, 0.25) is 0 Å². The summed E-state index contributed by atoms with van der Waals surface area (Å²) in [6.45, 7) is 5.61. The maximum Gasteiger partial charge on any atom is 0.257 e. The predicted octanol–water partition coefficient (Wildman–Crippen LogP) is 2.20. The topological polar surface area (TPSA) is 108 Å². The van der Waals surface area contributed by atoms with E-state index < -0.39 is 34.8 Å². The lowest BCUT2D eigenvalue weighted by Gasteiger charge is -2.34. The number of pyridine rings is 1. The number of hydrogen-bond donors (Lipinski definition) is 1. The maximum absolute atomic E-state index is 15.1. The summed E-state index contributed by atoms with van der Waals surface area (Å²) in [7, 11) is 1.31. The van der Waals surface area contributed by atoms with Gasteiger partial charge in [0.25, 0.3) is 5.91 Å². The third-order valence-corrected chi connectivity index (χ3v) is 7.91. The molecule has 204 valence electrons. The average Bonchev–Trinajstić information content (AvgIpc) is 3.57. The standard InChI is InChI=1S/C27H27F2N5O5/c1-3-32-6-8-33(9-7-32)24-16(28)10-19-17(30-24)11-20(39-19)27(12-21(35)31-26(27)37)14-34-13-15-4-5-18(38-2)23(29)22(15)25(34)36/h4-5,10-11H,3,6-9,12-14H2,1-2H3,(H,31,35,37)/t27-/m1/s1. The van der Waals surface area contributed by atoms with Crippen LogP contribution < -0.4 is 15.0 Å². The molecule has 5 heterocycles. The lowest BCUT2D eigenvalue weighted by Crippen LogP contribution is -2.46. The van der Waals surface area contributed by atoms with Crippen molar-refractivity contribution in [1.29, 1.82) is 0 Å². The van der Waals surface area contributed by atoms with Crippen molar-refractivity contribution in [2.45, 2.75) is 25.3 Å². The van der Waals surface area contributed by atoms with E-state index in [0.29, 0.717) is 24.2 Å². The van der Waals surface area contributed by atoms with E-state index in [4.69, 9.17) is 9.15 Å². The number of rotatable bonds is 6. The number of anilines is 1. The molecule has 3 aliphatic heterocycles. The Hall–Kier alpha value is -4.06. The van der Waals surface area contributed by atoms with Crippen molar-refractivity contribution in [2.75, 3.05) is 51.3 Å². The van der Waals surface area contributed by atoms with E-state index in [1.165, 1.54) is 30.2 Å². The summed E-state index contributed by atoms with van der Waals surface area (Å²) in [5.41, 5.74) is -0.816. The first-order chi connectivity index (χ1) is 18.7. The van der Waals surface area contributed by atoms with E-state index in [1.54, 1.807) is 6.07 Å². The maximum atomic E-state index is 15.1. The number of methoxy groups -OCH3 is 1. The van der Waals surface area contributed by atoms with Crippen LogP contribution >= 0.6 is 0 Å². The predicted molar refractivity (Wildman–Crippen MR) is 135 cm³/mol. The van der Waals surface area contributed by atoms with Crippen molar-refractivity contribution < 1.29 is 32.3 Å². The molecule has 2 saturated heterocycles. The first-order valence-electron chi connectivity index (χ1n) is 12.8. The third-order valence-electron chi connectivity index (χ3n) is 7.91. The molecule has 3 amide bonds. The summed E-state index contributed by atoms with van der Waals surface area (Å²) in [6.07, 6.45) is -0.286. The van der Waals surface area contributed by atoms with Crippen LogP contribution in [0.5, 0.6) is 5.75 Å². The molecule has 10 nitrogen and oxygen atoms in total. The monoisotopic (exact) mass is 539 g/mol. The molecule has 3 aromatic rings. The van der Waals surface area contributed by atoms with Gasteiger partial charge in [-0.3, -0.25) is 19.7 Å². The molecule has 0 unspecified atom stereocenters. The Bertz CT molecular complexity index is 1520. The number of furan rings is 1. The highest BCUT2D eigenvalue weighted by atomic mass is 19.1. The number of hydrogen-bond acceptors (Lipinski definition) is 8. The number of aromatic nitrogens is 1. The van der Waals surface area contributed by atoms with Gasteiger partial charge in [0.1, 0.15) is 16.7 Å². The number of benzene rings is 1. The number of ether oxygens (including phenoxy) is 1. The molecule has 1 atom stereocenters. The Morgan fingerprint density at radius 2 is 1.90 bits per heavy atom. The number of fused-ring (bicyclic) bond motifs is 2. The summed E-state index contributed by atoms with van der Waals surface area (Å²) in [6, 6.07) is 5.79. The Morgan fingerprint density at radius 1 is 1.13 bits per heavy atom. The molecule has 12 heteroatoms. The van der Waals surface area contributed by atoms with Crippen molar-refractivity contribution in [3.8, 4) is 5.75 Å². The number of imide groups is 1. The fourth-order valence-electron chi connectivity index (χ4n) is 5.72. The van der Waals surface area contributed by atoms with Gasteiger partial charge in [0.15, 0.2) is 28.8 Å². The first-order valence-corrected chi connectivity index (χ1v) is 12.8. The lowest BCUT2D eigenvalue weighted by molar-refractivity contribution is -0.127. The smallest absolute Gasteiger partial charge is 0.257 e. The van der Waals surface area contributed by atoms with Gasteiger partial charge in [0, 0.05) is 51.4 Å². The molecule has 6 rings (SSSR count). The largest absolute Gasteiger partial charge is 0.494 e. The second-order valence-electron chi connectivity index (χ2n) is 10.1. The fraction of sp³-hybridized carbons (Fsp3) is 0.407. The van der Waals surface area contributed by atoms with E-state index in [2.05, 4.69) is 22.1 Å². The van der Waals surface area contributed by atoms with Crippen LogP contribution in [0.25, 0.3) is 11.1 Å². The first kappa shape index (κ1) is 25.2. The number of amides is 3. The third kappa shape index (κ3) is 4.01. The molecule has 0 aliphatic carbocycles. The fourth-order valence-corrected chi connectivity index (χ4v) is 5.72. The number of carbonyl (C=O) groups is 3. The van der Waals surface area contributed by atoms with Gasteiger partial charge in [-0.25, -0.2) is 13.8 Å². The zero-order valence-corrected chi connectivity index (χ0v) is 21.6. The van der Waals surface area contributed by atoms with Gasteiger partial charge in [-0.1, -0.05) is 13.0 Å². The number of nitrogens with one attached hydrogen (secondary N) is 1. The van der Waals surface area contributed by atoms with Gasteiger partial charge in [-0.15, -0.1) is 0 Å². The van der Waals surface area contributed by atoms with Crippen LogP contribution in [0.15, 0.2) is 28.7 Å². The molecule has 39 heavy (non-hydrogen) atoms. The average molecular weight is 540 g/mol. The van der Waals surface area contributed by atoms with Gasteiger partial charge in [-0.2, -0.15) is 0 Å². The van der Waals surface area contributed by atoms with Gasteiger partial charge in [0.05, 0.1) is 19.1 Å². The van der Waals surface area contributed by atoms with Crippen molar-refractivity contribution in [3.05, 3.63) is 52.8 Å². The molecule has 0 spiro atoms. The molecule has 0 saturated carbocycles. The SMILES string of the molecule is CCN1CCN(c2nc3cc([C@]4(CN5Cc6ccc(OC)c(F)c6C5=O)CC(=O)NC4=O)oc3cc2F)CC1. The van der Waals surface area contributed by atoms with E-state index in [1.807, 2.05) is 4.90 Å². The summed E-state index contributed by atoms with van der Waals surface area (Å²) in [4.78, 5) is 48.8. The van der Waals surface area contributed by atoms with E-state index in [0.717, 1.165) is 19.6 Å². The summed E-state index contributed by atoms with van der Waals surface area (Å²) >= 11 is 0. The number of piperazine rings is 1. The normalized spacial score (nSPS) is 21.7. The Kier molecular flexibility index (Phi) is 6.01. The molecule has 3 aliphatic rings. The van der Waals surface area contributed by atoms with Crippen LogP contribution in [0.1, 0.15) is 35.0 Å². The number of likely N-dealkylation sites (N-methyl/N-ethyl adjacent to an activating group) is 1. The van der Waals surface area contributed by atoms with Crippen molar-refractivity contribution in [2.24, 2.45) is 0 Å². The van der Waals surface area contributed by atoms with Crippen molar-refractivity contribution >= 4 is 34.6 Å². The Morgan fingerprint density at radius 3 is 2.56 bits per heavy atom. The lowest BCUT2D eigenvalue weighted by atomic mass is 9.82. The van der Waals surface area contributed by atoms with E-state index in [9.17, 15) is 18.8 Å². The Balaban J connectivity index is 1.35. The second kappa shape index (κ2) is 9.30. The summed E-state index contributed by atoms with van der Waals surface area (Å²) < 4.78 is 41.0. The molecular weight excluding hydrogens is 512 g/mol. The van der Waals surface area contributed by atoms with Gasteiger partial charge < -0.3 is 23.9 Å². The number of carbonyl (C=O) groups excluding carboxylic acids is 3. The summed E-state index contributed by atoms with van der Waals surface area (Å²) in [5, 5.41) is 2.30. The van der Waals surface area contributed by atoms with Gasteiger partial charge in [-0.05, 0) is 18.2 Å². The molecule has 0 bridgehead atoms. The van der Waals surface area contributed by atoms with Crippen LogP contribution in [0.4, 0.5) is 14.6 Å². The highest BCUT2D eigenvalue weighted by molar-refractivity contribution is 6.10. The quantitative estimate of drug-likeness (QED) is 0.475. The second-order valence-corrected chi connectivity index (χ2v) is 10.1. The molecule has 0 radical (unpaired) electrons. The minimum Gasteiger partial charge on any atom is -0.494 e. The Labute approximate surface area is 222 Å². The van der Waals surface area contributed by atoms with E-state index in [-0.39, 0.29) is 48.0 Å². The highest BCUT2D eigenvalue weighted by Crippen LogP contribution is 2.40. The zero-order valence-electron chi connectivity index (χ0n) is 21.6. The molecular formula is C27H27F2N5O5. The van der Waals surface area contributed by atoms with Gasteiger partial charge >= 0.3 is 0 Å². The number of halogens is 2. The number of nitrogens with zero attached hydrogens (tertiary/aromatic N) is 4. The van der Waals surface area contributed by atoms with Gasteiger partial charge in [0.2, 0.25) is 11.8 Å². The van der Waals surface area contributed by atoms with Crippen LogP contribution in [-0.4, -0.2) is 78.9 Å². The zero-order chi connectivity index (χ0) is 27.5. The molecule has 2 aromatic heterocycles. The molecule has 1 N–H and O–H groups in total. The highest BCUT2D eigenvalue weighted by Gasteiger charge is 2.53. The summed E-state index contributed by atoms with van der Waals surface area (Å²) in [5.74, 6) is -2.92. The van der Waals surface area contributed by atoms with Crippen LogP contribution in [0.3, 0.4) is 0 Å². The van der Waals surface area contributed by atoms with Crippen molar-refractivity contribution in [1.82, 2.24) is 20.1 Å². The minimum absolute atomic E-state index is 0.0410. The van der Waals surface area contributed by atoms with Crippen molar-refractivity contribution in [3.63, 3.8) is 0 Å². The van der Waals surface area contributed by atoms with E-state index >= 15 is 4.39 Å². The molecule has 2 fully saturated rings.